The summed E-state index contributed by atoms with van der Waals surface area (Å²) < 4.78 is 11.1. The summed E-state index contributed by atoms with van der Waals surface area (Å²) >= 11 is 0. The first-order valence-corrected chi connectivity index (χ1v) is 10.5. The van der Waals surface area contributed by atoms with E-state index < -0.39 is 23.5 Å². The lowest BCUT2D eigenvalue weighted by molar-refractivity contribution is -0.130. The number of ketones is 1. The number of carbonyl (C=O) groups excluding carboxylic acids is 2. The number of hydrogen-bond acceptors (Lipinski definition) is 7. The van der Waals surface area contributed by atoms with Crippen LogP contribution in [0.1, 0.15) is 27.7 Å². The van der Waals surface area contributed by atoms with E-state index in [1.165, 1.54) is 24.1 Å². The molecule has 2 aromatic heterocycles. The van der Waals surface area contributed by atoms with E-state index in [9.17, 15) is 19.8 Å². The van der Waals surface area contributed by atoms with Crippen molar-refractivity contribution >= 4 is 22.7 Å². The molecule has 0 radical (unpaired) electrons. The van der Waals surface area contributed by atoms with Crippen LogP contribution >= 0.6 is 0 Å². The molecule has 0 aliphatic carbocycles. The van der Waals surface area contributed by atoms with E-state index in [-0.39, 0.29) is 23.6 Å². The lowest BCUT2D eigenvalue weighted by Gasteiger charge is -2.26. The van der Waals surface area contributed by atoms with Crippen LogP contribution in [0, 0.1) is 0 Å². The molecule has 3 heterocycles. The molecule has 1 amide bonds. The molecule has 170 valence electrons. The number of fused-ring (bicyclic) bond motifs is 1. The lowest BCUT2D eigenvalue weighted by atomic mass is 9.94. The Labute approximate surface area is 194 Å². The normalized spacial score (nSPS) is 15.9. The third-order valence-electron chi connectivity index (χ3n) is 5.76. The third-order valence-corrected chi connectivity index (χ3v) is 5.76. The highest BCUT2D eigenvalue weighted by Crippen LogP contribution is 2.41. The Balaban J connectivity index is 1.61. The van der Waals surface area contributed by atoms with Crippen molar-refractivity contribution < 1.29 is 29.0 Å². The fourth-order valence-electron chi connectivity index (χ4n) is 4.22. The number of aromatic hydroxyl groups is 1. The molecule has 2 N–H and O–H groups in total. The molecule has 1 aliphatic rings. The number of aromatic nitrogens is 1. The van der Waals surface area contributed by atoms with Crippen LogP contribution in [0.25, 0.3) is 11.0 Å². The summed E-state index contributed by atoms with van der Waals surface area (Å²) in [4.78, 5) is 32.2. The predicted molar refractivity (Wildman–Crippen MR) is 122 cm³/mol. The first kappa shape index (κ1) is 21.3. The van der Waals surface area contributed by atoms with Crippen molar-refractivity contribution in [1.82, 2.24) is 9.88 Å². The number of pyridine rings is 1. The molecule has 0 fully saturated rings. The number of hydrogen-bond donors (Lipinski definition) is 2. The summed E-state index contributed by atoms with van der Waals surface area (Å²) in [5, 5.41) is 21.6. The lowest BCUT2D eigenvalue weighted by Crippen LogP contribution is -2.30. The van der Waals surface area contributed by atoms with Crippen molar-refractivity contribution in [3.05, 3.63) is 101 Å². The number of nitrogens with zero attached hydrogens (tertiary/aromatic N) is 2. The minimum absolute atomic E-state index is 0.0297. The van der Waals surface area contributed by atoms with Gasteiger partial charge in [0.1, 0.15) is 5.75 Å². The highest BCUT2D eigenvalue weighted by Gasteiger charge is 2.44. The van der Waals surface area contributed by atoms with Gasteiger partial charge in [-0.3, -0.25) is 14.6 Å². The molecular weight excluding hydrogens is 436 g/mol. The zero-order chi connectivity index (χ0) is 23.8. The summed E-state index contributed by atoms with van der Waals surface area (Å²) in [6.45, 7) is 0.0990. The number of Topliss-reactive ketones (excluding diaryl/α,β-unsaturated/α-hetero) is 1. The van der Waals surface area contributed by atoms with Gasteiger partial charge in [0.2, 0.25) is 5.78 Å². The molecule has 0 saturated heterocycles. The van der Waals surface area contributed by atoms with Crippen LogP contribution < -0.4 is 4.74 Å². The van der Waals surface area contributed by atoms with Crippen molar-refractivity contribution in [3.63, 3.8) is 0 Å². The number of phenolic OH excluding ortho intramolecular Hbond substituents is 1. The Morgan fingerprint density at radius 1 is 1.12 bits per heavy atom. The fraction of sp³-hybridized carbons (Fsp3) is 0.115. The van der Waals surface area contributed by atoms with Gasteiger partial charge in [0, 0.05) is 24.3 Å². The van der Waals surface area contributed by atoms with E-state index in [0.29, 0.717) is 22.3 Å². The average molecular weight is 456 g/mol. The van der Waals surface area contributed by atoms with Crippen molar-refractivity contribution in [1.29, 1.82) is 0 Å². The van der Waals surface area contributed by atoms with Gasteiger partial charge in [0.15, 0.2) is 22.9 Å². The van der Waals surface area contributed by atoms with Crippen molar-refractivity contribution in [2.45, 2.75) is 12.6 Å². The van der Waals surface area contributed by atoms with Crippen LogP contribution in [0.5, 0.6) is 11.5 Å². The molecule has 0 saturated carbocycles. The van der Waals surface area contributed by atoms with Crippen LogP contribution in [-0.2, 0) is 11.3 Å². The van der Waals surface area contributed by atoms with E-state index in [1.54, 1.807) is 60.9 Å². The SMILES string of the molecule is COc1cccc2cc(C(=O)C3=C(O)C(=O)N(Cc4cccnc4)C3c3cccc(O)c3)oc12. The molecule has 0 bridgehead atoms. The topological polar surface area (TPSA) is 113 Å². The minimum atomic E-state index is -0.942. The maximum atomic E-state index is 13.6. The van der Waals surface area contributed by atoms with Crippen molar-refractivity contribution in [3.8, 4) is 11.5 Å². The number of amides is 1. The molecule has 8 nitrogen and oxygen atoms in total. The van der Waals surface area contributed by atoms with E-state index in [2.05, 4.69) is 4.98 Å². The zero-order valence-corrected chi connectivity index (χ0v) is 18.1. The first-order valence-electron chi connectivity index (χ1n) is 10.5. The number of rotatable bonds is 6. The van der Waals surface area contributed by atoms with E-state index in [1.807, 2.05) is 0 Å². The van der Waals surface area contributed by atoms with E-state index in [0.717, 1.165) is 5.56 Å². The number of phenols is 1. The van der Waals surface area contributed by atoms with Crippen LogP contribution in [0.2, 0.25) is 0 Å². The molecule has 1 atom stereocenters. The maximum Gasteiger partial charge on any atom is 0.290 e. The van der Waals surface area contributed by atoms with Gasteiger partial charge in [-0.2, -0.15) is 0 Å². The third kappa shape index (κ3) is 3.55. The first-order chi connectivity index (χ1) is 16.5. The Hall–Kier alpha value is -4.59. The summed E-state index contributed by atoms with van der Waals surface area (Å²) in [5.74, 6) is -1.60. The Kier molecular flexibility index (Phi) is 5.25. The number of ether oxygens (including phenoxy) is 1. The van der Waals surface area contributed by atoms with Crippen LogP contribution in [0.15, 0.2) is 88.8 Å². The maximum absolute atomic E-state index is 13.6. The molecule has 1 aliphatic heterocycles. The average Bonchev–Trinajstić information content (AvgIpc) is 3.39. The largest absolute Gasteiger partial charge is 0.508 e. The minimum Gasteiger partial charge on any atom is -0.508 e. The number of aliphatic hydroxyl groups excluding tert-OH is 1. The predicted octanol–water partition coefficient (Wildman–Crippen LogP) is 4.32. The Morgan fingerprint density at radius 2 is 1.94 bits per heavy atom. The molecule has 8 heteroatoms. The Bertz CT molecular complexity index is 1440. The van der Waals surface area contributed by atoms with Gasteiger partial charge in [-0.15, -0.1) is 0 Å². The highest BCUT2D eigenvalue weighted by molar-refractivity contribution is 6.16. The number of benzene rings is 2. The second-order valence-corrected chi connectivity index (χ2v) is 7.87. The van der Waals surface area contributed by atoms with Gasteiger partial charge in [-0.1, -0.05) is 30.3 Å². The van der Waals surface area contributed by atoms with Crippen LogP contribution in [0.3, 0.4) is 0 Å². The standard InChI is InChI=1S/C26H20N2O6/c1-33-19-9-3-7-17-12-20(34-25(17)19)23(30)21-22(16-6-2-8-18(29)11-16)28(26(32)24(21)31)14-15-5-4-10-27-13-15/h2-13,22,29,31H,14H2,1H3. The van der Waals surface area contributed by atoms with Gasteiger partial charge >= 0.3 is 0 Å². The van der Waals surface area contributed by atoms with Gasteiger partial charge in [0.25, 0.3) is 5.91 Å². The zero-order valence-electron chi connectivity index (χ0n) is 18.1. The van der Waals surface area contributed by atoms with Gasteiger partial charge in [-0.25, -0.2) is 0 Å². The monoisotopic (exact) mass is 456 g/mol. The molecule has 2 aromatic carbocycles. The molecule has 5 rings (SSSR count). The molecule has 0 spiro atoms. The highest BCUT2D eigenvalue weighted by atomic mass is 16.5. The van der Waals surface area contributed by atoms with E-state index >= 15 is 0 Å². The molecule has 34 heavy (non-hydrogen) atoms. The molecular formula is C26H20N2O6. The van der Waals surface area contributed by atoms with Crippen LogP contribution in [-0.4, -0.2) is 38.9 Å². The molecule has 1 unspecified atom stereocenters. The van der Waals surface area contributed by atoms with E-state index in [4.69, 9.17) is 9.15 Å². The summed E-state index contributed by atoms with van der Waals surface area (Å²) in [6.07, 6.45) is 3.22. The summed E-state index contributed by atoms with van der Waals surface area (Å²) in [7, 11) is 1.50. The molecule has 4 aromatic rings. The number of aliphatic hydroxyl groups is 1. The van der Waals surface area contributed by atoms with Gasteiger partial charge in [-0.05, 0) is 41.5 Å². The second kappa shape index (κ2) is 8.40. The quantitative estimate of drug-likeness (QED) is 0.416. The fourth-order valence-corrected chi connectivity index (χ4v) is 4.22. The number of furan rings is 1. The van der Waals surface area contributed by atoms with Crippen molar-refractivity contribution in [2.24, 2.45) is 0 Å². The number of methoxy groups -OCH3 is 1. The number of para-hydroxylation sites is 1. The summed E-state index contributed by atoms with van der Waals surface area (Å²) in [5.41, 5.74) is 1.45. The summed E-state index contributed by atoms with van der Waals surface area (Å²) in [6, 6.07) is 15.6. The smallest absolute Gasteiger partial charge is 0.290 e. The Morgan fingerprint density at radius 3 is 2.68 bits per heavy atom. The van der Waals surface area contributed by atoms with Crippen molar-refractivity contribution in [2.75, 3.05) is 7.11 Å². The van der Waals surface area contributed by atoms with Gasteiger partial charge < -0.3 is 24.3 Å². The number of carbonyl (C=O) groups is 2. The van der Waals surface area contributed by atoms with Crippen LogP contribution in [0.4, 0.5) is 0 Å². The second-order valence-electron chi connectivity index (χ2n) is 7.87. The van der Waals surface area contributed by atoms with Gasteiger partial charge in [0.05, 0.1) is 18.7 Å².